The van der Waals surface area contributed by atoms with Crippen molar-refractivity contribution < 1.29 is 14.3 Å². The van der Waals surface area contributed by atoms with Gasteiger partial charge < -0.3 is 20.7 Å². The summed E-state index contributed by atoms with van der Waals surface area (Å²) in [5.41, 5.74) is 0.188. The zero-order chi connectivity index (χ0) is 17.9. The summed E-state index contributed by atoms with van der Waals surface area (Å²) in [5, 5.41) is 16.3. The van der Waals surface area contributed by atoms with Gasteiger partial charge >= 0.3 is 6.09 Å². The molecule has 8 nitrogen and oxygen atoms in total. The standard InChI is InChI=1S/C15H22ClN5O3/c1-15(2,3)24-14(23)19-9-5-8(6-9)18-10-7-11(16)20-21-12(10)13(22)17-4/h7-9H,5-6H2,1-4H3,(H,17,22)(H,18,20)(H,19,23). The summed E-state index contributed by atoms with van der Waals surface area (Å²) in [6.45, 7) is 5.45. The van der Waals surface area contributed by atoms with Crippen LogP contribution in [0.25, 0.3) is 0 Å². The third-order valence-electron chi connectivity index (χ3n) is 3.42. The lowest BCUT2D eigenvalue weighted by molar-refractivity contribution is 0.0475. The van der Waals surface area contributed by atoms with E-state index in [9.17, 15) is 9.59 Å². The smallest absolute Gasteiger partial charge is 0.407 e. The lowest BCUT2D eigenvalue weighted by Gasteiger charge is -2.37. The van der Waals surface area contributed by atoms with Crippen molar-refractivity contribution in [3.05, 3.63) is 16.9 Å². The fraction of sp³-hybridized carbons (Fsp3) is 0.600. The Bertz CT molecular complexity index is 626. The minimum atomic E-state index is -0.520. The van der Waals surface area contributed by atoms with Crippen LogP contribution in [0, 0.1) is 0 Å². The van der Waals surface area contributed by atoms with Gasteiger partial charge in [-0.05, 0) is 33.6 Å². The third kappa shape index (κ3) is 4.95. The molecule has 3 N–H and O–H groups in total. The van der Waals surface area contributed by atoms with Crippen molar-refractivity contribution in [2.45, 2.75) is 51.3 Å². The average Bonchev–Trinajstić information content (AvgIpc) is 2.42. The van der Waals surface area contributed by atoms with Crippen molar-refractivity contribution in [1.82, 2.24) is 20.8 Å². The molecule has 0 aliphatic heterocycles. The van der Waals surface area contributed by atoms with Crippen LogP contribution in [0.15, 0.2) is 6.07 Å². The van der Waals surface area contributed by atoms with E-state index in [4.69, 9.17) is 16.3 Å². The summed E-state index contributed by atoms with van der Waals surface area (Å²) in [4.78, 5) is 23.5. The number of alkyl carbamates (subject to hydrolysis) is 1. The normalized spacial score (nSPS) is 19.9. The number of halogens is 1. The average molecular weight is 356 g/mol. The van der Waals surface area contributed by atoms with E-state index in [2.05, 4.69) is 26.1 Å². The number of hydrogen-bond acceptors (Lipinski definition) is 6. The van der Waals surface area contributed by atoms with Gasteiger partial charge in [-0.3, -0.25) is 4.79 Å². The molecule has 1 heterocycles. The van der Waals surface area contributed by atoms with Crippen LogP contribution < -0.4 is 16.0 Å². The molecule has 24 heavy (non-hydrogen) atoms. The first-order valence-electron chi connectivity index (χ1n) is 7.69. The molecule has 0 radical (unpaired) electrons. The molecule has 2 rings (SSSR count). The molecule has 0 aromatic carbocycles. The molecular formula is C15H22ClN5O3. The Balaban J connectivity index is 1.88. The van der Waals surface area contributed by atoms with Crippen LogP contribution in [0.3, 0.4) is 0 Å². The fourth-order valence-electron chi connectivity index (χ4n) is 2.31. The van der Waals surface area contributed by atoms with Crippen LogP contribution in [-0.2, 0) is 4.74 Å². The number of hydrogen-bond donors (Lipinski definition) is 3. The van der Waals surface area contributed by atoms with Gasteiger partial charge in [0.15, 0.2) is 10.8 Å². The highest BCUT2D eigenvalue weighted by atomic mass is 35.5. The van der Waals surface area contributed by atoms with Crippen LogP contribution in [0.4, 0.5) is 10.5 Å². The minimum absolute atomic E-state index is 0.0334. The number of amides is 2. The Morgan fingerprint density at radius 1 is 1.25 bits per heavy atom. The molecule has 132 valence electrons. The zero-order valence-corrected chi connectivity index (χ0v) is 14.9. The van der Waals surface area contributed by atoms with Crippen molar-refractivity contribution in [1.29, 1.82) is 0 Å². The number of ether oxygens (including phenoxy) is 1. The van der Waals surface area contributed by atoms with Crippen LogP contribution in [0.5, 0.6) is 0 Å². The SMILES string of the molecule is CNC(=O)c1nnc(Cl)cc1NC1CC(NC(=O)OC(C)(C)C)C1. The van der Waals surface area contributed by atoms with E-state index in [1.54, 1.807) is 6.07 Å². The number of rotatable bonds is 4. The Hall–Kier alpha value is -2.09. The highest BCUT2D eigenvalue weighted by Gasteiger charge is 2.32. The van der Waals surface area contributed by atoms with Crippen molar-refractivity contribution in [2.24, 2.45) is 0 Å². The topological polar surface area (TPSA) is 105 Å². The first-order valence-corrected chi connectivity index (χ1v) is 8.07. The predicted molar refractivity (Wildman–Crippen MR) is 90.2 cm³/mol. The van der Waals surface area contributed by atoms with Gasteiger partial charge in [0.1, 0.15) is 5.60 Å². The van der Waals surface area contributed by atoms with E-state index >= 15 is 0 Å². The fourth-order valence-corrected chi connectivity index (χ4v) is 2.46. The second-order valence-corrected chi connectivity index (χ2v) is 7.05. The second kappa shape index (κ2) is 7.21. The van der Waals surface area contributed by atoms with Crippen LogP contribution >= 0.6 is 11.6 Å². The number of aromatic nitrogens is 2. The summed E-state index contributed by atoms with van der Waals surface area (Å²) in [7, 11) is 1.52. The van der Waals surface area contributed by atoms with Gasteiger partial charge in [0.2, 0.25) is 0 Å². The van der Waals surface area contributed by atoms with E-state index in [0.717, 1.165) is 0 Å². The maximum atomic E-state index is 11.8. The molecule has 0 atom stereocenters. The lowest BCUT2D eigenvalue weighted by atomic mass is 9.86. The molecule has 2 amide bonds. The molecule has 0 bridgehead atoms. The number of nitrogens with zero attached hydrogens (tertiary/aromatic N) is 2. The van der Waals surface area contributed by atoms with Crippen LogP contribution in [0.2, 0.25) is 5.15 Å². The summed E-state index contributed by atoms with van der Waals surface area (Å²) >= 11 is 5.85. The molecule has 1 aromatic heterocycles. The summed E-state index contributed by atoms with van der Waals surface area (Å²) in [6, 6.07) is 1.70. The van der Waals surface area contributed by atoms with E-state index in [0.29, 0.717) is 18.5 Å². The number of carbonyl (C=O) groups is 2. The Labute approximate surface area is 145 Å². The monoisotopic (exact) mass is 355 g/mol. The summed E-state index contributed by atoms with van der Waals surface area (Å²) in [5.74, 6) is -0.343. The first-order chi connectivity index (χ1) is 11.2. The van der Waals surface area contributed by atoms with Gasteiger partial charge in [0.05, 0.1) is 5.69 Å². The highest BCUT2D eigenvalue weighted by molar-refractivity contribution is 6.29. The molecule has 1 fully saturated rings. The maximum Gasteiger partial charge on any atom is 0.407 e. The molecule has 1 saturated carbocycles. The van der Waals surface area contributed by atoms with Crippen molar-refractivity contribution in [3.63, 3.8) is 0 Å². The van der Waals surface area contributed by atoms with E-state index in [1.807, 2.05) is 20.8 Å². The molecule has 1 aliphatic rings. The van der Waals surface area contributed by atoms with Gasteiger partial charge in [-0.25, -0.2) is 4.79 Å². The van der Waals surface area contributed by atoms with Gasteiger partial charge in [0.25, 0.3) is 5.91 Å². The predicted octanol–water partition coefficient (Wildman–Crippen LogP) is 1.96. The van der Waals surface area contributed by atoms with Gasteiger partial charge in [-0.1, -0.05) is 11.6 Å². The third-order valence-corrected chi connectivity index (χ3v) is 3.61. The molecule has 0 unspecified atom stereocenters. The quantitative estimate of drug-likeness (QED) is 0.762. The van der Waals surface area contributed by atoms with Crippen LogP contribution in [0.1, 0.15) is 44.1 Å². The lowest BCUT2D eigenvalue weighted by Crippen LogP contribution is -2.50. The number of carbonyl (C=O) groups excluding carboxylic acids is 2. The molecule has 0 saturated heterocycles. The highest BCUT2D eigenvalue weighted by Crippen LogP contribution is 2.26. The largest absolute Gasteiger partial charge is 0.444 e. The van der Waals surface area contributed by atoms with Crippen LogP contribution in [-0.4, -0.2) is 46.9 Å². The minimum Gasteiger partial charge on any atom is -0.444 e. The first kappa shape index (κ1) is 18.3. The summed E-state index contributed by atoms with van der Waals surface area (Å²) < 4.78 is 5.22. The van der Waals surface area contributed by atoms with E-state index < -0.39 is 11.7 Å². The van der Waals surface area contributed by atoms with Crippen molar-refractivity contribution >= 4 is 29.3 Å². The molecule has 0 spiro atoms. The van der Waals surface area contributed by atoms with E-state index in [1.165, 1.54) is 7.05 Å². The number of nitrogens with one attached hydrogen (secondary N) is 3. The van der Waals surface area contributed by atoms with Gasteiger partial charge in [-0.2, -0.15) is 0 Å². The Morgan fingerprint density at radius 3 is 2.50 bits per heavy atom. The second-order valence-electron chi connectivity index (χ2n) is 6.66. The maximum absolute atomic E-state index is 11.8. The molecular weight excluding hydrogens is 334 g/mol. The molecule has 9 heteroatoms. The summed E-state index contributed by atoms with van der Waals surface area (Å²) in [6.07, 6.45) is 1.00. The van der Waals surface area contributed by atoms with Crippen molar-refractivity contribution in [3.8, 4) is 0 Å². The molecule has 1 aromatic rings. The molecule has 1 aliphatic carbocycles. The number of anilines is 1. The van der Waals surface area contributed by atoms with Crippen molar-refractivity contribution in [2.75, 3.05) is 12.4 Å². The Kier molecular flexibility index (Phi) is 5.48. The zero-order valence-electron chi connectivity index (χ0n) is 14.1. The Morgan fingerprint density at radius 2 is 1.92 bits per heavy atom. The van der Waals surface area contributed by atoms with E-state index in [-0.39, 0.29) is 28.8 Å². The van der Waals surface area contributed by atoms with Gasteiger partial charge in [-0.15, -0.1) is 10.2 Å². The van der Waals surface area contributed by atoms with Gasteiger partial charge in [0, 0.05) is 25.2 Å².